The molecule has 0 radical (unpaired) electrons. The number of nitrogens with zero attached hydrogens (tertiary/aromatic N) is 1. The van der Waals surface area contributed by atoms with E-state index in [1.54, 1.807) is 48.5 Å². The summed E-state index contributed by atoms with van der Waals surface area (Å²) in [5, 5.41) is 2.82. The van der Waals surface area contributed by atoms with Crippen molar-refractivity contribution in [1.29, 1.82) is 0 Å². The van der Waals surface area contributed by atoms with Gasteiger partial charge >= 0.3 is 0 Å². The van der Waals surface area contributed by atoms with Crippen LogP contribution in [0, 0.1) is 6.92 Å². The summed E-state index contributed by atoms with van der Waals surface area (Å²) in [5.74, 6) is -0.412. The molecular formula is C25H27BrN2O3S. The number of aryl methyl sites for hydroxylation is 2. The minimum Gasteiger partial charge on any atom is -0.325 e. The monoisotopic (exact) mass is 514 g/mol. The summed E-state index contributed by atoms with van der Waals surface area (Å²) in [4.78, 5) is 13.0. The first-order valence-electron chi connectivity index (χ1n) is 10.5. The van der Waals surface area contributed by atoms with Crippen LogP contribution in [0.1, 0.15) is 30.9 Å². The van der Waals surface area contributed by atoms with Gasteiger partial charge in [0.2, 0.25) is 5.91 Å². The van der Waals surface area contributed by atoms with Gasteiger partial charge in [0.25, 0.3) is 10.0 Å². The highest BCUT2D eigenvalue weighted by Gasteiger charge is 2.27. The van der Waals surface area contributed by atoms with Gasteiger partial charge in [0.1, 0.15) is 6.54 Å². The standard InChI is InChI=1S/C25H27BrN2O3S/c1-3-4-5-20-8-12-22(13-9-20)27-25(29)18-28(23-14-10-21(26)11-15-23)32(30,31)24-16-6-19(2)7-17-24/h6-17H,3-5,18H2,1-2H3,(H,27,29). The first kappa shape index (κ1) is 24.0. The van der Waals surface area contributed by atoms with Gasteiger partial charge in [0.15, 0.2) is 0 Å². The zero-order valence-electron chi connectivity index (χ0n) is 18.2. The van der Waals surface area contributed by atoms with Crippen molar-refractivity contribution in [2.75, 3.05) is 16.2 Å². The van der Waals surface area contributed by atoms with Crippen LogP contribution < -0.4 is 9.62 Å². The lowest BCUT2D eigenvalue weighted by Crippen LogP contribution is -2.38. The number of sulfonamides is 1. The van der Waals surface area contributed by atoms with Crippen molar-refractivity contribution in [2.45, 2.75) is 38.0 Å². The van der Waals surface area contributed by atoms with Gasteiger partial charge in [-0.2, -0.15) is 0 Å². The molecule has 0 aliphatic heterocycles. The van der Waals surface area contributed by atoms with Gasteiger partial charge < -0.3 is 5.32 Å². The van der Waals surface area contributed by atoms with Crippen molar-refractivity contribution in [3.8, 4) is 0 Å². The van der Waals surface area contributed by atoms with E-state index in [0.29, 0.717) is 11.4 Å². The number of carbonyl (C=O) groups excluding carboxylic acids is 1. The third kappa shape index (κ3) is 6.20. The van der Waals surface area contributed by atoms with Crippen LogP contribution in [0.5, 0.6) is 0 Å². The Bertz CT molecular complexity index is 1140. The quantitative estimate of drug-likeness (QED) is 0.384. The molecule has 0 bridgehead atoms. The molecule has 0 spiro atoms. The van der Waals surface area contributed by atoms with Gasteiger partial charge in [0, 0.05) is 10.2 Å². The van der Waals surface area contributed by atoms with Crippen LogP contribution in [0.2, 0.25) is 0 Å². The molecule has 168 valence electrons. The summed E-state index contributed by atoms with van der Waals surface area (Å²) in [6, 6.07) is 21.1. The zero-order valence-corrected chi connectivity index (χ0v) is 20.6. The molecule has 1 amide bonds. The molecule has 0 saturated carbocycles. The predicted molar refractivity (Wildman–Crippen MR) is 134 cm³/mol. The molecule has 32 heavy (non-hydrogen) atoms. The topological polar surface area (TPSA) is 66.5 Å². The third-order valence-electron chi connectivity index (χ3n) is 5.07. The molecule has 3 aromatic carbocycles. The number of rotatable bonds is 9. The van der Waals surface area contributed by atoms with Crippen molar-refractivity contribution in [1.82, 2.24) is 0 Å². The fraction of sp³-hybridized carbons (Fsp3) is 0.240. The maximum atomic E-state index is 13.4. The average Bonchev–Trinajstić information content (AvgIpc) is 2.78. The van der Waals surface area contributed by atoms with E-state index in [1.807, 2.05) is 31.2 Å². The molecule has 0 saturated heterocycles. The number of hydrogen-bond acceptors (Lipinski definition) is 3. The van der Waals surface area contributed by atoms with Crippen LogP contribution in [0.25, 0.3) is 0 Å². The molecule has 7 heteroatoms. The maximum absolute atomic E-state index is 13.4. The normalized spacial score (nSPS) is 11.2. The fourth-order valence-electron chi connectivity index (χ4n) is 3.23. The minimum absolute atomic E-state index is 0.138. The molecule has 0 aliphatic carbocycles. The Morgan fingerprint density at radius 3 is 2.16 bits per heavy atom. The van der Waals surface area contributed by atoms with E-state index in [0.717, 1.165) is 33.6 Å². The summed E-state index contributed by atoms with van der Waals surface area (Å²) < 4.78 is 28.7. The molecule has 1 N–H and O–H groups in total. The molecular weight excluding hydrogens is 488 g/mol. The Kier molecular flexibility index (Phi) is 8.10. The van der Waals surface area contributed by atoms with Crippen LogP contribution in [0.3, 0.4) is 0 Å². The van der Waals surface area contributed by atoms with Crippen molar-refractivity contribution in [3.63, 3.8) is 0 Å². The second kappa shape index (κ2) is 10.8. The van der Waals surface area contributed by atoms with E-state index in [-0.39, 0.29) is 11.4 Å². The molecule has 5 nitrogen and oxygen atoms in total. The lowest BCUT2D eigenvalue weighted by Gasteiger charge is -2.24. The largest absolute Gasteiger partial charge is 0.325 e. The number of amides is 1. The molecule has 0 unspecified atom stereocenters. The first-order chi connectivity index (χ1) is 15.3. The maximum Gasteiger partial charge on any atom is 0.264 e. The summed E-state index contributed by atoms with van der Waals surface area (Å²) >= 11 is 3.37. The van der Waals surface area contributed by atoms with E-state index in [9.17, 15) is 13.2 Å². The van der Waals surface area contributed by atoms with Gasteiger partial charge in [-0.3, -0.25) is 9.10 Å². The second-order valence-electron chi connectivity index (χ2n) is 7.65. The Balaban J connectivity index is 1.83. The van der Waals surface area contributed by atoms with Crippen LogP contribution in [0.4, 0.5) is 11.4 Å². The lowest BCUT2D eigenvalue weighted by atomic mass is 10.1. The highest BCUT2D eigenvalue weighted by atomic mass is 79.9. The second-order valence-corrected chi connectivity index (χ2v) is 10.4. The Morgan fingerprint density at radius 1 is 0.938 bits per heavy atom. The van der Waals surface area contributed by atoms with Gasteiger partial charge in [-0.05, 0) is 73.9 Å². The molecule has 0 fully saturated rings. The number of halogens is 1. The van der Waals surface area contributed by atoms with Gasteiger partial charge in [-0.1, -0.05) is 59.1 Å². The highest BCUT2D eigenvalue weighted by molar-refractivity contribution is 9.10. The van der Waals surface area contributed by atoms with E-state index >= 15 is 0 Å². The number of carbonyl (C=O) groups is 1. The summed E-state index contributed by atoms with van der Waals surface area (Å²) in [5.41, 5.74) is 3.22. The number of unbranched alkanes of at least 4 members (excludes halogenated alkanes) is 1. The molecule has 3 aromatic rings. The number of benzene rings is 3. The number of nitrogens with one attached hydrogen (secondary N) is 1. The van der Waals surface area contributed by atoms with Crippen LogP contribution in [-0.2, 0) is 21.2 Å². The van der Waals surface area contributed by atoms with E-state index < -0.39 is 15.9 Å². The van der Waals surface area contributed by atoms with Gasteiger partial charge in [-0.25, -0.2) is 8.42 Å². The van der Waals surface area contributed by atoms with Crippen molar-refractivity contribution < 1.29 is 13.2 Å². The predicted octanol–water partition coefficient (Wildman–Crippen LogP) is 5.93. The fourth-order valence-corrected chi connectivity index (χ4v) is 4.91. The smallest absolute Gasteiger partial charge is 0.264 e. The molecule has 0 heterocycles. The van der Waals surface area contributed by atoms with Gasteiger partial charge in [-0.15, -0.1) is 0 Å². The van der Waals surface area contributed by atoms with E-state index in [1.165, 1.54) is 5.56 Å². The lowest BCUT2D eigenvalue weighted by molar-refractivity contribution is -0.114. The van der Waals surface area contributed by atoms with Crippen molar-refractivity contribution >= 4 is 43.2 Å². The third-order valence-corrected chi connectivity index (χ3v) is 7.38. The van der Waals surface area contributed by atoms with E-state index in [4.69, 9.17) is 0 Å². The van der Waals surface area contributed by atoms with Gasteiger partial charge in [0.05, 0.1) is 10.6 Å². The Hall–Kier alpha value is -2.64. The summed E-state index contributed by atoms with van der Waals surface area (Å²) in [6.07, 6.45) is 3.24. The van der Waals surface area contributed by atoms with Crippen molar-refractivity contribution in [3.05, 3.63) is 88.4 Å². The molecule has 3 rings (SSSR count). The molecule has 0 atom stereocenters. The average molecular weight is 515 g/mol. The summed E-state index contributed by atoms with van der Waals surface area (Å²) in [7, 11) is -3.93. The summed E-state index contributed by atoms with van der Waals surface area (Å²) in [6.45, 7) is 3.70. The van der Waals surface area contributed by atoms with Crippen molar-refractivity contribution in [2.24, 2.45) is 0 Å². The highest BCUT2D eigenvalue weighted by Crippen LogP contribution is 2.26. The van der Waals surface area contributed by atoms with Crippen LogP contribution >= 0.6 is 15.9 Å². The van der Waals surface area contributed by atoms with Crippen LogP contribution in [0.15, 0.2) is 82.2 Å². The Morgan fingerprint density at radius 2 is 1.56 bits per heavy atom. The minimum atomic E-state index is -3.93. The Labute approximate surface area is 198 Å². The van der Waals surface area contributed by atoms with Crippen LogP contribution in [-0.4, -0.2) is 20.9 Å². The van der Waals surface area contributed by atoms with E-state index in [2.05, 4.69) is 28.2 Å². The zero-order chi connectivity index (χ0) is 23.1. The number of anilines is 2. The first-order valence-corrected chi connectivity index (χ1v) is 12.8. The number of hydrogen-bond donors (Lipinski definition) is 1. The SMILES string of the molecule is CCCCc1ccc(NC(=O)CN(c2ccc(Br)cc2)S(=O)(=O)c2ccc(C)cc2)cc1. The molecule has 0 aliphatic rings. The molecule has 0 aromatic heterocycles.